The number of rotatable bonds is 6. The predicted molar refractivity (Wildman–Crippen MR) is 102 cm³/mol. The zero-order valence-electron chi connectivity index (χ0n) is 14.6. The Labute approximate surface area is 157 Å². The number of carbonyl (C=O) groups excluding carboxylic acids is 1. The summed E-state index contributed by atoms with van der Waals surface area (Å²) >= 11 is 6.04. The van der Waals surface area contributed by atoms with Gasteiger partial charge in [0.05, 0.1) is 19.9 Å². The Morgan fingerprint density at radius 1 is 1.19 bits per heavy atom. The van der Waals surface area contributed by atoms with Crippen LogP contribution in [0.15, 0.2) is 48.2 Å². The molecule has 0 aliphatic heterocycles. The number of methoxy groups -OCH3 is 2. The highest BCUT2D eigenvalue weighted by molar-refractivity contribution is 6.31. The first-order valence-electron chi connectivity index (χ1n) is 7.65. The molecule has 0 saturated heterocycles. The Balaban J connectivity index is 2.21. The number of ether oxygens (including phenoxy) is 2. The number of nitrogens with zero attached hydrogens (tertiary/aromatic N) is 1. The Morgan fingerprint density at radius 3 is 2.62 bits per heavy atom. The molecule has 0 saturated carbocycles. The number of hydrogen-bond donors (Lipinski definition) is 2. The molecule has 2 aromatic carbocycles. The van der Waals surface area contributed by atoms with Crippen molar-refractivity contribution >= 4 is 28.9 Å². The largest absolute Gasteiger partial charge is 0.497 e. The molecular formula is C19H18ClN3O3. The number of benzene rings is 2. The Bertz CT molecular complexity index is 888. The van der Waals surface area contributed by atoms with Crippen molar-refractivity contribution in [2.45, 2.75) is 6.92 Å². The van der Waals surface area contributed by atoms with Crippen molar-refractivity contribution in [1.29, 1.82) is 5.26 Å². The standard InChI is InChI=1S/C19H18ClN3O3/c1-12-15(20)5-4-6-16(12)23-19(24)13(10-21)11-22-17-9-14(25-2)7-8-18(17)26-3/h4-9,11,22H,1-3H3,(H,23,24)/b13-11-. The smallest absolute Gasteiger partial charge is 0.267 e. The van der Waals surface area contributed by atoms with Gasteiger partial charge in [-0.3, -0.25) is 4.79 Å². The number of nitrogens with one attached hydrogen (secondary N) is 2. The molecular weight excluding hydrogens is 354 g/mol. The molecule has 0 aliphatic carbocycles. The topological polar surface area (TPSA) is 83.4 Å². The Morgan fingerprint density at radius 2 is 1.96 bits per heavy atom. The molecule has 0 atom stereocenters. The zero-order valence-corrected chi connectivity index (χ0v) is 15.3. The summed E-state index contributed by atoms with van der Waals surface area (Å²) in [6.45, 7) is 1.78. The van der Waals surface area contributed by atoms with Crippen molar-refractivity contribution in [2.75, 3.05) is 24.9 Å². The highest BCUT2D eigenvalue weighted by Crippen LogP contribution is 2.29. The quantitative estimate of drug-likeness (QED) is 0.589. The van der Waals surface area contributed by atoms with Gasteiger partial charge in [0, 0.05) is 23.0 Å². The molecule has 7 heteroatoms. The summed E-state index contributed by atoms with van der Waals surface area (Å²) in [5, 5.41) is 15.4. The third-order valence-electron chi connectivity index (χ3n) is 3.66. The van der Waals surface area contributed by atoms with Crippen molar-refractivity contribution in [3.05, 3.63) is 58.8 Å². The summed E-state index contributed by atoms with van der Waals surface area (Å²) in [5.74, 6) is 0.608. The van der Waals surface area contributed by atoms with E-state index in [4.69, 9.17) is 21.1 Å². The minimum Gasteiger partial charge on any atom is -0.497 e. The van der Waals surface area contributed by atoms with Crippen molar-refractivity contribution < 1.29 is 14.3 Å². The van der Waals surface area contributed by atoms with Gasteiger partial charge in [0.15, 0.2) is 0 Å². The van der Waals surface area contributed by atoms with E-state index in [1.807, 2.05) is 6.07 Å². The first kappa shape index (κ1) is 19.2. The molecule has 134 valence electrons. The zero-order chi connectivity index (χ0) is 19.1. The van der Waals surface area contributed by atoms with Gasteiger partial charge in [-0.05, 0) is 36.8 Å². The molecule has 0 fully saturated rings. The summed E-state index contributed by atoms with van der Waals surface area (Å²) in [7, 11) is 3.07. The van der Waals surface area contributed by atoms with E-state index in [9.17, 15) is 10.1 Å². The fraction of sp³-hybridized carbons (Fsp3) is 0.158. The van der Waals surface area contributed by atoms with Gasteiger partial charge >= 0.3 is 0 Å². The van der Waals surface area contributed by atoms with Crippen LogP contribution in [0.25, 0.3) is 0 Å². The molecule has 0 heterocycles. The van der Waals surface area contributed by atoms with Crippen molar-refractivity contribution in [3.8, 4) is 17.6 Å². The van der Waals surface area contributed by atoms with Crippen LogP contribution >= 0.6 is 11.6 Å². The van der Waals surface area contributed by atoms with E-state index in [0.29, 0.717) is 27.9 Å². The maximum atomic E-state index is 12.4. The number of halogens is 1. The maximum Gasteiger partial charge on any atom is 0.267 e. The summed E-state index contributed by atoms with van der Waals surface area (Å²) in [4.78, 5) is 12.4. The third kappa shape index (κ3) is 4.47. The lowest BCUT2D eigenvalue weighted by Crippen LogP contribution is -2.15. The first-order valence-corrected chi connectivity index (χ1v) is 8.03. The van der Waals surface area contributed by atoms with E-state index in [0.717, 1.165) is 5.56 Å². The van der Waals surface area contributed by atoms with E-state index in [1.54, 1.807) is 50.4 Å². The minimum atomic E-state index is -0.549. The molecule has 0 bridgehead atoms. The summed E-state index contributed by atoms with van der Waals surface area (Å²) in [5.41, 5.74) is 1.73. The van der Waals surface area contributed by atoms with Gasteiger partial charge in [-0.25, -0.2) is 0 Å². The van der Waals surface area contributed by atoms with Crippen LogP contribution in [0, 0.1) is 18.3 Å². The molecule has 2 aromatic rings. The van der Waals surface area contributed by atoms with Gasteiger partial charge < -0.3 is 20.1 Å². The molecule has 0 aliphatic rings. The van der Waals surface area contributed by atoms with Crippen LogP contribution in [0.5, 0.6) is 11.5 Å². The highest BCUT2D eigenvalue weighted by Gasteiger charge is 2.12. The van der Waals surface area contributed by atoms with Crippen LogP contribution in [0.2, 0.25) is 5.02 Å². The van der Waals surface area contributed by atoms with Crippen molar-refractivity contribution in [3.63, 3.8) is 0 Å². The van der Waals surface area contributed by atoms with Gasteiger partial charge in [0.1, 0.15) is 23.1 Å². The van der Waals surface area contributed by atoms with Crippen LogP contribution < -0.4 is 20.1 Å². The van der Waals surface area contributed by atoms with Gasteiger partial charge in [-0.15, -0.1) is 0 Å². The van der Waals surface area contributed by atoms with Gasteiger partial charge in [0.25, 0.3) is 5.91 Å². The van der Waals surface area contributed by atoms with Crippen molar-refractivity contribution in [2.24, 2.45) is 0 Å². The lowest BCUT2D eigenvalue weighted by atomic mass is 10.2. The Hall–Kier alpha value is -3.17. The molecule has 6 nitrogen and oxygen atoms in total. The third-order valence-corrected chi connectivity index (χ3v) is 4.07. The van der Waals surface area contributed by atoms with Crippen molar-refractivity contribution in [1.82, 2.24) is 0 Å². The number of carbonyl (C=O) groups is 1. The molecule has 0 spiro atoms. The summed E-state index contributed by atoms with van der Waals surface area (Å²) in [6, 6.07) is 12.2. The van der Waals surface area contributed by atoms with E-state index >= 15 is 0 Å². The fourth-order valence-corrected chi connectivity index (χ4v) is 2.33. The average Bonchev–Trinajstić information content (AvgIpc) is 2.65. The van der Waals surface area contributed by atoms with E-state index < -0.39 is 5.91 Å². The molecule has 2 rings (SSSR count). The van der Waals surface area contributed by atoms with E-state index in [-0.39, 0.29) is 5.57 Å². The number of amides is 1. The van der Waals surface area contributed by atoms with E-state index in [1.165, 1.54) is 13.3 Å². The molecule has 1 amide bonds. The number of nitriles is 1. The second-order valence-corrected chi connectivity index (χ2v) is 5.65. The Kier molecular flexibility index (Phi) is 6.48. The fourth-order valence-electron chi connectivity index (χ4n) is 2.16. The van der Waals surface area contributed by atoms with Crippen LogP contribution in [0.1, 0.15) is 5.56 Å². The monoisotopic (exact) mass is 371 g/mol. The molecule has 0 aromatic heterocycles. The lowest BCUT2D eigenvalue weighted by Gasteiger charge is -2.11. The molecule has 0 unspecified atom stereocenters. The lowest BCUT2D eigenvalue weighted by molar-refractivity contribution is -0.112. The molecule has 2 N–H and O–H groups in total. The van der Waals surface area contributed by atoms with Crippen LogP contribution in [0.4, 0.5) is 11.4 Å². The summed E-state index contributed by atoms with van der Waals surface area (Å²) in [6.07, 6.45) is 1.31. The second-order valence-electron chi connectivity index (χ2n) is 5.25. The number of anilines is 2. The maximum absolute atomic E-state index is 12.4. The molecule has 26 heavy (non-hydrogen) atoms. The second kappa shape index (κ2) is 8.79. The summed E-state index contributed by atoms with van der Waals surface area (Å²) < 4.78 is 10.4. The van der Waals surface area contributed by atoms with Gasteiger partial charge in [0.2, 0.25) is 0 Å². The SMILES string of the molecule is COc1ccc(OC)c(N/C=C(/C#N)C(=O)Nc2cccc(Cl)c2C)c1. The molecule has 0 radical (unpaired) electrons. The average molecular weight is 372 g/mol. The normalized spacial score (nSPS) is 10.7. The minimum absolute atomic E-state index is 0.103. The predicted octanol–water partition coefficient (Wildman–Crippen LogP) is 4.12. The van der Waals surface area contributed by atoms with Crippen LogP contribution in [-0.2, 0) is 4.79 Å². The van der Waals surface area contributed by atoms with Gasteiger partial charge in [-0.1, -0.05) is 17.7 Å². The highest BCUT2D eigenvalue weighted by atomic mass is 35.5. The van der Waals surface area contributed by atoms with Gasteiger partial charge in [-0.2, -0.15) is 5.26 Å². The number of hydrogen-bond acceptors (Lipinski definition) is 5. The van der Waals surface area contributed by atoms with E-state index in [2.05, 4.69) is 10.6 Å². The first-order chi connectivity index (χ1) is 12.5. The van der Waals surface area contributed by atoms with Crippen LogP contribution in [0.3, 0.4) is 0 Å². The van der Waals surface area contributed by atoms with Crippen LogP contribution in [-0.4, -0.2) is 20.1 Å².